The Hall–Kier alpha value is -1.06. The first-order chi connectivity index (χ1) is 19.1. The largest absolute Gasteiger partial charge is 0.465 e. The van der Waals surface area contributed by atoms with Gasteiger partial charge in [-0.1, -0.05) is 149 Å². The van der Waals surface area contributed by atoms with Gasteiger partial charge in [-0.3, -0.25) is 9.59 Å². The minimum absolute atomic E-state index is 0.175. The number of carbonyl (C=O) groups is 2. The highest BCUT2D eigenvalue weighted by Gasteiger charge is 2.40. The predicted octanol–water partition coefficient (Wildman–Crippen LogP) is 10.7. The van der Waals surface area contributed by atoms with Gasteiger partial charge < -0.3 is 9.47 Å². The highest BCUT2D eigenvalue weighted by atomic mass is 16.5. The molecule has 4 heteroatoms. The Kier molecular flexibility index (Phi) is 23.9. The number of rotatable bonds is 26. The SMILES string of the molecule is CCCCCCCCCCCCCOC(=O)C1CCC(C)CC1C(=O)OCCCCCCCCCCCCC. The minimum atomic E-state index is -0.328. The van der Waals surface area contributed by atoms with Crippen LogP contribution in [0.25, 0.3) is 0 Å². The summed E-state index contributed by atoms with van der Waals surface area (Å²) in [6, 6.07) is 0. The van der Waals surface area contributed by atoms with E-state index in [0.29, 0.717) is 19.1 Å². The molecule has 230 valence electrons. The zero-order valence-electron chi connectivity index (χ0n) is 26.5. The van der Waals surface area contributed by atoms with Crippen molar-refractivity contribution in [1.82, 2.24) is 0 Å². The summed E-state index contributed by atoms with van der Waals surface area (Å²) in [5.74, 6) is -0.541. The zero-order valence-corrected chi connectivity index (χ0v) is 26.5. The molecule has 3 unspecified atom stereocenters. The van der Waals surface area contributed by atoms with E-state index in [9.17, 15) is 9.59 Å². The summed E-state index contributed by atoms with van der Waals surface area (Å²) in [7, 11) is 0. The lowest BCUT2D eigenvalue weighted by atomic mass is 9.74. The number of unbranched alkanes of at least 4 members (excludes halogenated alkanes) is 20. The average Bonchev–Trinajstić information content (AvgIpc) is 2.94. The van der Waals surface area contributed by atoms with Crippen molar-refractivity contribution < 1.29 is 19.1 Å². The summed E-state index contributed by atoms with van der Waals surface area (Å²) >= 11 is 0. The van der Waals surface area contributed by atoms with Gasteiger partial charge in [0.1, 0.15) is 0 Å². The average molecular weight is 551 g/mol. The van der Waals surface area contributed by atoms with E-state index in [1.165, 1.54) is 116 Å². The van der Waals surface area contributed by atoms with E-state index < -0.39 is 0 Å². The van der Waals surface area contributed by atoms with Crippen LogP contribution in [-0.4, -0.2) is 25.2 Å². The molecule has 0 spiro atoms. The van der Waals surface area contributed by atoms with E-state index in [4.69, 9.17) is 9.47 Å². The van der Waals surface area contributed by atoms with Crippen LogP contribution >= 0.6 is 0 Å². The van der Waals surface area contributed by atoms with Gasteiger partial charge in [0, 0.05) is 0 Å². The summed E-state index contributed by atoms with van der Waals surface area (Å²) in [5, 5.41) is 0. The summed E-state index contributed by atoms with van der Waals surface area (Å²) < 4.78 is 11.3. The van der Waals surface area contributed by atoms with Crippen molar-refractivity contribution in [3.8, 4) is 0 Å². The first-order valence-electron chi connectivity index (χ1n) is 17.4. The molecule has 0 aromatic heterocycles. The van der Waals surface area contributed by atoms with Gasteiger partial charge in [0.05, 0.1) is 25.0 Å². The summed E-state index contributed by atoms with van der Waals surface area (Å²) in [5.41, 5.74) is 0. The van der Waals surface area contributed by atoms with Crippen molar-refractivity contribution >= 4 is 11.9 Å². The second-order valence-electron chi connectivity index (χ2n) is 12.5. The zero-order chi connectivity index (χ0) is 28.4. The van der Waals surface area contributed by atoms with Gasteiger partial charge in [0.2, 0.25) is 0 Å². The van der Waals surface area contributed by atoms with Crippen molar-refractivity contribution in [2.75, 3.05) is 13.2 Å². The third kappa shape index (κ3) is 19.6. The minimum Gasteiger partial charge on any atom is -0.465 e. The van der Waals surface area contributed by atoms with Crippen LogP contribution in [0.5, 0.6) is 0 Å². The van der Waals surface area contributed by atoms with E-state index >= 15 is 0 Å². The summed E-state index contributed by atoms with van der Waals surface area (Å²) in [4.78, 5) is 25.7. The van der Waals surface area contributed by atoms with Crippen molar-refractivity contribution in [3.63, 3.8) is 0 Å². The van der Waals surface area contributed by atoms with Crippen molar-refractivity contribution in [2.24, 2.45) is 17.8 Å². The van der Waals surface area contributed by atoms with Gasteiger partial charge in [-0.15, -0.1) is 0 Å². The lowest BCUT2D eigenvalue weighted by molar-refractivity contribution is -0.163. The Morgan fingerprint density at radius 2 is 0.821 bits per heavy atom. The van der Waals surface area contributed by atoms with Crippen LogP contribution in [-0.2, 0) is 19.1 Å². The molecule has 1 aliphatic carbocycles. The Bertz CT molecular complexity index is 575. The molecule has 1 fully saturated rings. The standard InChI is InChI=1S/C35H66O4/c1-4-6-8-10-12-14-16-18-20-22-24-28-38-34(36)32-27-26-31(3)30-33(32)35(37)39-29-25-23-21-19-17-15-13-11-9-7-5-2/h31-33H,4-30H2,1-3H3. The van der Waals surface area contributed by atoms with E-state index in [-0.39, 0.29) is 23.8 Å². The molecule has 1 saturated carbocycles. The molecule has 1 rings (SSSR count). The maximum atomic E-state index is 12.9. The molecule has 39 heavy (non-hydrogen) atoms. The number of esters is 2. The molecule has 3 atom stereocenters. The van der Waals surface area contributed by atoms with E-state index in [1.807, 2.05) is 0 Å². The van der Waals surface area contributed by atoms with Gasteiger partial charge in [-0.25, -0.2) is 0 Å². The first-order valence-corrected chi connectivity index (χ1v) is 17.4. The molecule has 0 aromatic rings. The second-order valence-corrected chi connectivity index (χ2v) is 12.5. The van der Waals surface area contributed by atoms with E-state index in [2.05, 4.69) is 20.8 Å². The topological polar surface area (TPSA) is 52.6 Å². The molecule has 0 N–H and O–H groups in total. The fraction of sp³-hybridized carbons (Fsp3) is 0.943. The van der Waals surface area contributed by atoms with Crippen LogP contribution in [0, 0.1) is 17.8 Å². The molecule has 0 heterocycles. The van der Waals surface area contributed by atoms with Crippen LogP contribution in [0.2, 0.25) is 0 Å². The van der Waals surface area contributed by atoms with Crippen molar-refractivity contribution in [2.45, 2.75) is 181 Å². The Balaban J connectivity index is 2.12. The molecule has 0 aromatic carbocycles. The third-order valence-electron chi connectivity index (χ3n) is 8.70. The Morgan fingerprint density at radius 1 is 0.487 bits per heavy atom. The Morgan fingerprint density at radius 3 is 1.21 bits per heavy atom. The van der Waals surface area contributed by atoms with Crippen molar-refractivity contribution in [1.29, 1.82) is 0 Å². The smallest absolute Gasteiger partial charge is 0.309 e. The van der Waals surface area contributed by atoms with E-state index in [0.717, 1.165) is 44.9 Å². The lowest BCUT2D eigenvalue weighted by Gasteiger charge is -2.31. The van der Waals surface area contributed by atoms with Crippen LogP contribution in [0.3, 0.4) is 0 Å². The highest BCUT2D eigenvalue weighted by Crippen LogP contribution is 2.35. The van der Waals surface area contributed by atoms with Gasteiger partial charge in [0.25, 0.3) is 0 Å². The van der Waals surface area contributed by atoms with Gasteiger partial charge in [-0.2, -0.15) is 0 Å². The van der Waals surface area contributed by atoms with E-state index in [1.54, 1.807) is 0 Å². The monoisotopic (exact) mass is 550 g/mol. The molecular weight excluding hydrogens is 484 g/mol. The Labute approximate surface area is 243 Å². The molecule has 0 aliphatic heterocycles. The number of ether oxygens (including phenoxy) is 2. The summed E-state index contributed by atoms with van der Waals surface area (Å²) in [6.07, 6.45) is 30.6. The third-order valence-corrected chi connectivity index (χ3v) is 8.70. The molecule has 0 bridgehead atoms. The molecular formula is C35H66O4. The van der Waals surface area contributed by atoms with Crippen molar-refractivity contribution in [3.05, 3.63) is 0 Å². The maximum absolute atomic E-state index is 12.9. The molecule has 0 radical (unpaired) electrons. The van der Waals surface area contributed by atoms with Crippen LogP contribution in [0.4, 0.5) is 0 Å². The van der Waals surface area contributed by atoms with Crippen LogP contribution in [0.1, 0.15) is 181 Å². The van der Waals surface area contributed by atoms with Gasteiger partial charge in [0.15, 0.2) is 0 Å². The number of carbonyl (C=O) groups excluding carboxylic acids is 2. The molecule has 0 saturated heterocycles. The normalized spacial score (nSPS) is 19.2. The fourth-order valence-corrected chi connectivity index (χ4v) is 6.02. The quantitative estimate of drug-likeness (QED) is 0.0793. The molecule has 1 aliphatic rings. The first kappa shape index (κ1) is 36.0. The number of hydrogen-bond donors (Lipinski definition) is 0. The lowest BCUT2D eigenvalue weighted by Crippen LogP contribution is -2.37. The van der Waals surface area contributed by atoms with Gasteiger partial charge in [-0.05, 0) is 38.0 Å². The highest BCUT2D eigenvalue weighted by molar-refractivity contribution is 5.82. The number of hydrogen-bond acceptors (Lipinski definition) is 4. The summed E-state index contributed by atoms with van der Waals surface area (Å²) in [6.45, 7) is 7.68. The van der Waals surface area contributed by atoms with Crippen LogP contribution in [0.15, 0.2) is 0 Å². The second kappa shape index (κ2) is 25.9. The predicted molar refractivity (Wildman–Crippen MR) is 165 cm³/mol. The fourth-order valence-electron chi connectivity index (χ4n) is 6.02. The molecule has 0 amide bonds. The maximum Gasteiger partial charge on any atom is 0.309 e. The van der Waals surface area contributed by atoms with Gasteiger partial charge >= 0.3 is 11.9 Å². The molecule has 4 nitrogen and oxygen atoms in total. The van der Waals surface area contributed by atoms with Crippen LogP contribution < -0.4 is 0 Å².